The third-order valence-electron chi connectivity index (χ3n) is 4.82. The molecule has 0 bridgehead atoms. The van der Waals surface area contributed by atoms with Crippen LogP contribution in [0.4, 0.5) is 0 Å². The Hall–Kier alpha value is -2.14. The lowest BCUT2D eigenvalue weighted by Crippen LogP contribution is -2.24. The van der Waals surface area contributed by atoms with Gasteiger partial charge < -0.3 is 10.4 Å². The van der Waals surface area contributed by atoms with Crippen molar-refractivity contribution in [2.24, 2.45) is 5.41 Å². The molecular weight excluding hydrogens is 302 g/mol. The predicted molar refractivity (Wildman–Crippen MR) is 93.8 cm³/mol. The number of benzene rings is 1. The van der Waals surface area contributed by atoms with Gasteiger partial charge in [-0.2, -0.15) is 5.10 Å². The van der Waals surface area contributed by atoms with E-state index in [4.69, 9.17) is 0 Å². The van der Waals surface area contributed by atoms with Crippen LogP contribution in [0.3, 0.4) is 0 Å². The summed E-state index contributed by atoms with van der Waals surface area (Å²) in [6.07, 6.45) is 2.66. The summed E-state index contributed by atoms with van der Waals surface area (Å²) < 4.78 is 1.86. The minimum Gasteiger partial charge on any atom is -0.476 e. The minimum atomic E-state index is -0.940. The number of carboxylic acids is 1. The van der Waals surface area contributed by atoms with Crippen molar-refractivity contribution in [3.8, 4) is 5.69 Å². The molecule has 5 nitrogen and oxygen atoms in total. The Labute approximate surface area is 142 Å². The molecule has 0 spiro atoms. The van der Waals surface area contributed by atoms with Gasteiger partial charge in [0.1, 0.15) is 0 Å². The van der Waals surface area contributed by atoms with Gasteiger partial charge in [-0.3, -0.25) is 0 Å². The van der Waals surface area contributed by atoms with Crippen LogP contribution in [0, 0.1) is 12.3 Å². The highest BCUT2D eigenvalue weighted by molar-refractivity contribution is 5.87. The minimum absolute atomic E-state index is 0.117. The molecule has 0 atom stereocenters. The summed E-state index contributed by atoms with van der Waals surface area (Å²) in [5.74, 6) is -0.940. The predicted octanol–water partition coefficient (Wildman–Crippen LogP) is 3.11. The molecule has 128 valence electrons. The fraction of sp³-hybridized carbons (Fsp3) is 0.474. The van der Waals surface area contributed by atoms with Gasteiger partial charge >= 0.3 is 5.97 Å². The summed E-state index contributed by atoms with van der Waals surface area (Å²) in [4.78, 5) is 11.7. The molecule has 2 aromatic rings. The number of aromatic nitrogens is 2. The molecule has 1 heterocycles. The Morgan fingerprint density at radius 2 is 2.17 bits per heavy atom. The van der Waals surface area contributed by atoms with Crippen molar-refractivity contribution in [2.45, 2.75) is 46.6 Å². The smallest absolute Gasteiger partial charge is 0.356 e. The van der Waals surface area contributed by atoms with Gasteiger partial charge in [-0.1, -0.05) is 31.5 Å². The Balaban J connectivity index is 2.19. The summed E-state index contributed by atoms with van der Waals surface area (Å²) in [7, 11) is 1.91. The number of aryl methyl sites for hydroxylation is 1. The Kier molecular flexibility index (Phi) is 4.22. The van der Waals surface area contributed by atoms with Crippen molar-refractivity contribution in [3.63, 3.8) is 0 Å². The molecule has 0 aliphatic heterocycles. The van der Waals surface area contributed by atoms with Gasteiger partial charge in [-0.05, 0) is 50.3 Å². The number of nitrogens with one attached hydrogen (secondary N) is 1. The van der Waals surface area contributed by atoms with Gasteiger partial charge in [-0.25, -0.2) is 9.48 Å². The number of carbonyl (C=O) groups is 1. The SMILES string of the molecule is CNCc1cc(C)ccc1-n1nc(C(=O)O)c2c1CCC(C)(C)C2. The molecule has 1 aromatic heterocycles. The lowest BCUT2D eigenvalue weighted by Gasteiger charge is -2.30. The molecule has 0 amide bonds. The number of hydrogen-bond donors (Lipinski definition) is 2. The average molecular weight is 327 g/mol. The number of hydrogen-bond acceptors (Lipinski definition) is 3. The van der Waals surface area contributed by atoms with E-state index in [0.29, 0.717) is 0 Å². The van der Waals surface area contributed by atoms with Crippen LogP contribution >= 0.6 is 0 Å². The van der Waals surface area contributed by atoms with Crippen LogP contribution in [0.2, 0.25) is 0 Å². The average Bonchev–Trinajstić information content (AvgIpc) is 2.85. The molecule has 0 saturated carbocycles. The van der Waals surface area contributed by atoms with Crippen molar-refractivity contribution >= 4 is 5.97 Å². The van der Waals surface area contributed by atoms with Crippen LogP contribution in [0.15, 0.2) is 18.2 Å². The van der Waals surface area contributed by atoms with Crippen LogP contribution in [0.1, 0.15) is 53.1 Å². The molecule has 1 aliphatic rings. The topological polar surface area (TPSA) is 67.2 Å². The van der Waals surface area contributed by atoms with E-state index in [1.165, 1.54) is 5.56 Å². The van der Waals surface area contributed by atoms with Gasteiger partial charge in [0.05, 0.1) is 5.69 Å². The third kappa shape index (κ3) is 2.96. The molecule has 0 radical (unpaired) electrons. The van der Waals surface area contributed by atoms with Crippen LogP contribution in [-0.2, 0) is 19.4 Å². The van der Waals surface area contributed by atoms with E-state index in [2.05, 4.69) is 43.3 Å². The van der Waals surface area contributed by atoms with Gasteiger partial charge in [-0.15, -0.1) is 0 Å². The highest BCUT2D eigenvalue weighted by Gasteiger charge is 2.33. The van der Waals surface area contributed by atoms with Crippen molar-refractivity contribution in [1.82, 2.24) is 15.1 Å². The van der Waals surface area contributed by atoms with E-state index in [1.54, 1.807) is 0 Å². The zero-order chi connectivity index (χ0) is 17.5. The van der Waals surface area contributed by atoms with Gasteiger partial charge in [0.25, 0.3) is 0 Å². The summed E-state index contributed by atoms with van der Waals surface area (Å²) in [6, 6.07) is 6.23. The summed E-state index contributed by atoms with van der Waals surface area (Å²) in [5, 5.41) is 17.3. The van der Waals surface area contributed by atoms with Crippen molar-refractivity contribution in [1.29, 1.82) is 0 Å². The van der Waals surface area contributed by atoms with E-state index in [0.717, 1.165) is 48.3 Å². The largest absolute Gasteiger partial charge is 0.476 e. The quantitative estimate of drug-likeness (QED) is 0.905. The highest BCUT2D eigenvalue weighted by atomic mass is 16.4. The second kappa shape index (κ2) is 6.06. The van der Waals surface area contributed by atoms with Crippen LogP contribution in [0.5, 0.6) is 0 Å². The van der Waals surface area contributed by atoms with Crippen molar-refractivity contribution < 1.29 is 9.90 Å². The molecule has 1 aliphatic carbocycles. The maximum atomic E-state index is 11.7. The molecule has 3 rings (SSSR count). The highest BCUT2D eigenvalue weighted by Crippen LogP contribution is 2.37. The van der Waals surface area contributed by atoms with Crippen LogP contribution in [-0.4, -0.2) is 27.9 Å². The summed E-state index contributed by atoms with van der Waals surface area (Å²) in [5.41, 5.74) is 5.55. The fourth-order valence-corrected chi connectivity index (χ4v) is 3.58. The molecular formula is C19H25N3O2. The molecule has 24 heavy (non-hydrogen) atoms. The number of rotatable bonds is 4. The second-order valence-corrected chi connectivity index (χ2v) is 7.49. The van der Waals surface area contributed by atoms with E-state index in [9.17, 15) is 9.90 Å². The second-order valence-electron chi connectivity index (χ2n) is 7.49. The first-order chi connectivity index (χ1) is 11.3. The van der Waals surface area contributed by atoms with E-state index >= 15 is 0 Å². The van der Waals surface area contributed by atoms with Gasteiger partial charge in [0, 0.05) is 17.8 Å². The zero-order valence-electron chi connectivity index (χ0n) is 14.8. The van der Waals surface area contributed by atoms with Crippen LogP contribution < -0.4 is 5.32 Å². The maximum Gasteiger partial charge on any atom is 0.356 e. The monoisotopic (exact) mass is 327 g/mol. The van der Waals surface area contributed by atoms with Crippen molar-refractivity contribution in [2.75, 3.05) is 7.05 Å². The zero-order valence-corrected chi connectivity index (χ0v) is 14.8. The number of carboxylic acid groups (broad SMARTS) is 1. The Bertz CT molecular complexity index is 790. The van der Waals surface area contributed by atoms with Gasteiger partial charge in [0.2, 0.25) is 0 Å². The maximum absolute atomic E-state index is 11.7. The lowest BCUT2D eigenvalue weighted by atomic mass is 9.76. The van der Waals surface area contributed by atoms with Crippen LogP contribution in [0.25, 0.3) is 5.69 Å². The number of aromatic carboxylic acids is 1. The van der Waals surface area contributed by atoms with E-state index < -0.39 is 5.97 Å². The van der Waals surface area contributed by atoms with E-state index in [1.807, 2.05) is 17.8 Å². The lowest BCUT2D eigenvalue weighted by molar-refractivity contribution is 0.0688. The molecule has 0 unspecified atom stereocenters. The molecule has 2 N–H and O–H groups in total. The summed E-state index contributed by atoms with van der Waals surface area (Å²) >= 11 is 0. The third-order valence-corrected chi connectivity index (χ3v) is 4.82. The standard InChI is InChI=1S/C19H25N3O2/c1-12-5-6-15(13(9-12)11-20-4)22-16-7-8-19(2,3)10-14(16)17(21-22)18(23)24/h5-6,9,20H,7-8,10-11H2,1-4H3,(H,23,24). The van der Waals surface area contributed by atoms with Crippen molar-refractivity contribution in [3.05, 3.63) is 46.3 Å². The number of fused-ring (bicyclic) bond motifs is 1. The number of nitrogens with zero attached hydrogens (tertiary/aromatic N) is 2. The Morgan fingerprint density at radius 3 is 2.83 bits per heavy atom. The van der Waals surface area contributed by atoms with Gasteiger partial charge in [0.15, 0.2) is 5.69 Å². The molecule has 0 fully saturated rings. The first kappa shape index (κ1) is 16.7. The molecule has 5 heteroatoms. The fourth-order valence-electron chi connectivity index (χ4n) is 3.58. The Morgan fingerprint density at radius 1 is 1.42 bits per heavy atom. The first-order valence-electron chi connectivity index (χ1n) is 8.41. The normalized spacial score (nSPS) is 16.0. The molecule has 1 aromatic carbocycles. The summed E-state index contributed by atoms with van der Waals surface area (Å²) in [6.45, 7) is 7.17. The first-order valence-corrected chi connectivity index (χ1v) is 8.41. The molecule has 0 saturated heterocycles. The van der Waals surface area contributed by atoms with E-state index in [-0.39, 0.29) is 11.1 Å².